The molecule has 4 heteroatoms. The molecule has 1 atom stereocenters. The van der Waals surface area contributed by atoms with Crippen LogP contribution in [-0.4, -0.2) is 30.4 Å². The second-order valence-electron chi connectivity index (χ2n) is 7.63. The Bertz CT molecular complexity index is 558. The van der Waals surface area contributed by atoms with E-state index in [0.717, 1.165) is 36.5 Å². The van der Waals surface area contributed by atoms with E-state index in [4.69, 9.17) is 0 Å². The molecule has 128 valence electrons. The summed E-state index contributed by atoms with van der Waals surface area (Å²) in [5, 5.41) is 4.28. The fourth-order valence-electron chi connectivity index (χ4n) is 3.76. The molecule has 1 saturated heterocycles. The van der Waals surface area contributed by atoms with Gasteiger partial charge in [0.2, 0.25) is 5.91 Å². The van der Waals surface area contributed by atoms with Crippen molar-refractivity contribution in [1.82, 2.24) is 4.90 Å². The highest BCUT2D eigenvalue weighted by Crippen LogP contribution is 2.39. The number of rotatable bonds is 4. The van der Waals surface area contributed by atoms with Crippen molar-refractivity contribution in [2.24, 2.45) is 11.8 Å². The van der Waals surface area contributed by atoms with Gasteiger partial charge in [-0.1, -0.05) is 13.8 Å². The van der Waals surface area contributed by atoms with E-state index < -0.39 is 0 Å². The van der Waals surface area contributed by atoms with Gasteiger partial charge in [0.15, 0.2) is 0 Å². The van der Waals surface area contributed by atoms with Crippen LogP contribution in [0.2, 0.25) is 0 Å². The molecule has 3 rings (SSSR count). The zero-order valence-electron chi connectivity index (χ0n) is 14.8. The third-order valence-corrected chi connectivity index (χ3v) is 6.83. The lowest BCUT2D eigenvalue weighted by Gasteiger charge is -2.29. The first-order chi connectivity index (χ1) is 11.0. The second-order valence-corrected chi connectivity index (χ2v) is 8.73. The fraction of sp³-hybridized carbons (Fsp3) is 0.737. The zero-order chi connectivity index (χ0) is 16.4. The van der Waals surface area contributed by atoms with E-state index >= 15 is 0 Å². The van der Waals surface area contributed by atoms with E-state index in [-0.39, 0.29) is 5.91 Å². The Balaban J connectivity index is 1.52. The van der Waals surface area contributed by atoms with Crippen LogP contribution in [0.5, 0.6) is 0 Å². The number of piperidine rings is 1. The minimum Gasteiger partial charge on any atom is -0.317 e. The normalized spacial score (nSPS) is 22.8. The summed E-state index contributed by atoms with van der Waals surface area (Å²) in [4.78, 5) is 16.3. The van der Waals surface area contributed by atoms with Gasteiger partial charge in [-0.05, 0) is 75.1 Å². The SMILES string of the molecule is Cc1c(NC(=O)CCN2CCC(C)CC2)sc2c1CCC(C)C2. The summed E-state index contributed by atoms with van der Waals surface area (Å²) in [6.45, 7) is 10.0. The molecular formula is C19H30N2OS. The molecule has 1 aromatic rings. The van der Waals surface area contributed by atoms with Crippen molar-refractivity contribution >= 4 is 22.2 Å². The lowest BCUT2D eigenvalue weighted by molar-refractivity contribution is -0.116. The summed E-state index contributed by atoms with van der Waals surface area (Å²) in [6, 6.07) is 0. The van der Waals surface area contributed by atoms with Gasteiger partial charge < -0.3 is 10.2 Å². The van der Waals surface area contributed by atoms with Crippen molar-refractivity contribution in [2.45, 2.75) is 59.3 Å². The van der Waals surface area contributed by atoms with Crippen molar-refractivity contribution in [1.29, 1.82) is 0 Å². The Hall–Kier alpha value is -0.870. The van der Waals surface area contributed by atoms with Gasteiger partial charge in [0.25, 0.3) is 0 Å². The topological polar surface area (TPSA) is 32.3 Å². The highest BCUT2D eigenvalue weighted by molar-refractivity contribution is 7.16. The molecule has 1 amide bonds. The summed E-state index contributed by atoms with van der Waals surface area (Å²) in [6.07, 6.45) is 6.81. The fourth-order valence-corrected chi connectivity index (χ4v) is 5.20. The average Bonchev–Trinajstić information content (AvgIpc) is 2.82. The lowest BCUT2D eigenvalue weighted by Crippen LogP contribution is -2.35. The summed E-state index contributed by atoms with van der Waals surface area (Å²) in [7, 11) is 0. The van der Waals surface area contributed by atoms with E-state index in [0.29, 0.717) is 6.42 Å². The number of likely N-dealkylation sites (tertiary alicyclic amines) is 1. The molecule has 3 nitrogen and oxygen atoms in total. The smallest absolute Gasteiger partial charge is 0.226 e. The molecule has 2 heterocycles. The quantitative estimate of drug-likeness (QED) is 0.893. The molecule has 1 unspecified atom stereocenters. The summed E-state index contributed by atoms with van der Waals surface area (Å²) in [5.74, 6) is 1.81. The van der Waals surface area contributed by atoms with Crippen LogP contribution in [0.15, 0.2) is 0 Å². The van der Waals surface area contributed by atoms with Gasteiger partial charge in [-0.25, -0.2) is 0 Å². The highest BCUT2D eigenvalue weighted by Gasteiger charge is 2.22. The molecule has 0 bridgehead atoms. The van der Waals surface area contributed by atoms with Crippen molar-refractivity contribution in [3.63, 3.8) is 0 Å². The minimum atomic E-state index is 0.179. The second kappa shape index (κ2) is 7.35. The third kappa shape index (κ3) is 4.16. The van der Waals surface area contributed by atoms with Crippen LogP contribution in [0.25, 0.3) is 0 Å². The first-order valence-corrected chi connectivity index (χ1v) is 9.98. The number of carbonyl (C=O) groups excluding carboxylic acids is 1. The van der Waals surface area contributed by atoms with E-state index in [1.54, 1.807) is 0 Å². The first-order valence-electron chi connectivity index (χ1n) is 9.16. The van der Waals surface area contributed by atoms with Crippen LogP contribution in [0.1, 0.15) is 55.5 Å². The van der Waals surface area contributed by atoms with Crippen LogP contribution in [0.3, 0.4) is 0 Å². The van der Waals surface area contributed by atoms with Crippen LogP contribution < -0.4 is 5.32 Å². The monoisotopic (exact) mass is 334 g/mol. The van der Waals surface area contributed by atoms with Crippen LogP contribution in [0.4, 0.5) is 5.00 Å². The van der Waals surface area contributed by atoms with Crippen LogP contribution in [-0.2, 0) is 17.6 Å². The molecule has 0 saturated carbocycles. The van der Waals surface area contributed by atoms with Crippen molar-refractivity contribution in [3.8, 4) is 0 Å². The molecule has 0 radical (unpaired) electrons. The van der Waals surface area contributed by atoms with Gasteiger partial charge in [-0.2, -0.15) is 0 Å². The number of anilines is 1. The van der Waals surface area contributed by atoms with Gasteiger partial charge in [-0.15, -0.1) is 11.3 Å². The number of nitrogens with zero attached hydrogens (tertiary/aromatic N) is 1. The Morgan fingerprint density at radius 2 is 1.96 bits per heavy atom. The third-order valence-electron chi connectivity index (χ3n) is 5.56. The molecular weight excluding hydrogens is 304 g/mol. The molecule has 0 aromatic carbocycles. The van der Waals surface area contributed by atoms with E-state index in [9.17, 15) is 4.79 Å². The van der Waals surface area contributed by atoms with Crippen molar-refractivity contribution < 1.29 is 4.79 Å². The molecule has 1 aliphatic heterocycles. The Labute approximate surface area is 144 Å². The lowest BCUT2D eigenvalue weighted by atomic mass is 9.89. The summed E-state index contributed by atoms with van der Waals surface area (Å²) in [5.41, 5.74) is 2.82. The number of hydrogen-bond acceptors (Lipinski definition) is 3. The molecule has 23 heavy (non-hydrogen) atoms. The van der Waals surface area contributed by atoms with Gasteiger partial charge >= 0.3 is 0 Å². The highest BCUT2D eigenvalue weighted by atomic mass is 32.1. The first kappa shape index (κ1) is 17.0. The Morgan fingerprint density at radius 1 is 1.22 bits per heavy atom. The van der Waals surface area contributed by atoms with Gasteiger partial charge in [0.1, 0.15) is 0 Å². The van der Waals surface area contributed by atoms with E-state index in [1.165, 1.54) is 48.1 Å². The Kier molecular flexibility index (Phi) is 5.42. The largest absolute Gasteiger partial charge is 0.317 e. The predicted molar refractivity (Wildman–Crippen MR) is 98.3 cm³/mol. The van der Waals surface area contributed by atoms with Gasteiger partial charge in [0.05, 0.1) is 5.00 Å². The van der Waals surface area contributed by atoms with E-state index in [2.05, 4.69) is 31.0 Å². The Morgan fingerprint density at radius 3 is 2.70 bits per heavy atom. The van der Waals surface area contributed by atoms with Crippen LogP contribution >= 0.6 is 11.3 Å². The maximum absolute atomic E-state index is 12.3. The van der Waals surface area contributed by atoms with Gasteiger partial charge in [0, 0.05) is 17.8 Å². The minimum absolute atomic E-state index is 0.179. The van der Waals surface area contributed by atoms with Gasteiger partial charge in [-0.3, -0.25) is 4.79 Å². The molecule has 1 fully saturated rings. The summed E-state index contributed by atoms with van der Waals surface area (Å²) < 4.78 is 0. The number of hydrogen-bond donors (Lipinski definition) is 1. The molecule has 1 aromatic heterocycles. The standard InChI is InChI=1S/C19H30N2OS/c1-13-6-9-21(10-7-13)11-8-18(22)20-19-15(3)16-5-4-14(2)12-17(16)23-19/h13-14H,4-12H2,1-3H3,(H,20,22). The number of carbonyl (C=O) groups is 1. The number of fused-ring (bicyclic) bond motifs is 1. The average molecular weight is 335 g/mol. The molecule has 0 spiro atoms. The predicted octanol–water partition coefficient (Wildman–Crippen LogP) is 4.24. The summed E-state index contributed by atoms with van der Waals surface area (Å²) >= 11 is 1.81. The molecule has 2 aliphatic rings. The van der Waals surface area contributed by atoms with Crippen molar-refractivity contribution in [3.05, 3.63) is 16.0 Å². The van der Waals surface area contributed by atoms with E-state index in [1.807, 2.05) is 11.3 Å². The molecule has 1 N–H and O–H groups in total. The molecule has 1 aliphatic carbocycles. The van der Waals surface area contributed by atoms with Crippen LogP contribution in [0, 0.1) is 18.8 Å². The maximum Gasteiger partial charge on any atom is 0.226 e. The number of nitrogens with one attached hydrogen (secondary N) is 1. The number of amides is 1. The number of thiophene rings is 1. The maximum atomic E-state index is 12.3. The zero-order valence-corrected chi connectivity index (χ0v) is 15.6. The van der Waals surface area contributed by atoms with Crippen molar-refractivity contribution in [2.75, 3.05) is 25.0 Å².